The Hall–Kier alpha value is -1.45. The second kappa shape index (κ2) is 5.32. The van der Waals surface area contributed by atoms with Gasteiger partial charge in [0.25, 0.3) is 0 Å². The van der Waals surface area contributed by atoms with E-state index in [9.17, 15) is 8.78 Å². The average molecular weight is 305 g/mol. The Kier molecular flexibility index (Phi) is 3.74. The second-order valence-corrected chi connectivity index (χ2v) is 7.51. The molecule has 0 bridgehead atoms. The van der Waals surface area contributed by atoms with Crippen molar-refractivity contribution in [3.05, 3.63) is 30.1 Å². The van der Waals surface area contributed by atoms with E-state index in [-0.39, 0.29) is 18.3 Å². The van der Waals surface area contributed by atoms with E-state index in [4.69, 9.17) is 4.98 Å². The molecule has 1 aromatic carbocycles. The van der Waals surface area contributed by atoms with Crippen LogP contribution in [0.3, 0.4) is 0 Å². The van der Waals surface area contributed by atoms with E-state index < -0.39 is 5.92 Å². The van der Waals surface area contributed by atoms with Crippen molar-refractivity contribution in [3.63, 3.8) is 0 Å². The zero-order chi connectivity index (χ0) is 16.0. The Morgan fingerprint density at radius 1 is 1.32 bits per heavy atom. The molecule has 2 aromatic rings. The van der Waals surface area contributed by atoms with Crippen LogP contribution in [0.2, 0.25) is 0 Å². The van der Waals surface area contributed by atoms with Crippen molar-refractivity contribution in [2.75, 3.05) is 0 Å². The molecule has 0 spiro atoms. The Labute approximate surface area is 130 Å². The van der Waals surface area contributed by atoms with Gasteiger partial charge >= 0.3 is 0 Å². The molecule has 2 nitrogen and oxygen atoms in total. The van der Waals surface area contributed by atoms with Gasteiger partial charge in [0.2, 0.25) is 5.92 Å². The van der Waals surface area contributed by atoms with E-state index in [0.717, 1.165) is 23.4 Å². The lowest BCUT2D eigenvalue weighted by Gasteiger charge is -2.30. The number of alkyl halides is 2. The number of fused-ring (bicyclic) bond motifs is 1. The number of hydrogen-bond donors (Lipinski definition) is 0. The Morgan fingerprint density at radius 2 is 2.00 bits per heavy atom. The predicted octanol–water partition coefficient (Wildman–Crippen LogP) is 4.96. The van der Waals surface area contributed by atoms with Crippen molar-refractivity contribution in [3.8, 4) is 0 Å². The summed E-state index contributed by atoms with van der Waals surface area (Å²) in [6, 6.07) is 8.88. The number of halogens is 2. The summed E-state index contributed by atoms with van der Waals surface area (Å²) in [7, 11) is 0. The van der Waals surface area contributed by atoms with E-state index in [0.29, 0.717) is 18.8 Å². The molecule has 0 N–H and O–H groups in total. The Bertz CT molecular complexity index is 657. The third-order valence-electron chi connectivity index (χ3n) is 4.54. The summed E-state index contributed by atoms with van der Waals surface area (Å²) in [4.78, 5) is 4.76. The summed E-state index contributed by atoms with van der Waals surface area (Å²) in [5.41, 5.74) is 1.95. The monoisotopic (exact) mass is 305 g/mol. The molecular weight excluding hydrogens is 282 g/mol. The van der Waals surface area contributed by atoms with Crippen LogP contribution in [0, 0.1) is 12.0 Å². The van der Waals surface area contributed by atoms with Gasteiger partial charge in [-0.2, -0.15) is 0 Å². The van der Waals surface area contributed by atoms with Crippen molar-refractivity contribution in [1.82, 2.24) is 9.55 Å². The minimum absolute atomic E-state index is 0.0168. The number of aromatic nitrogens is 2. The van der Waals surface area contributed by atoms with Crippen LogP contribution in [-0.2, 0) is 12.0 Å². The molecule has 3 rings (SSSR count). The van der Waals surface area contributed by atoms with Crippen LogP contribution >= 0.6 is 0 Å². The van der Waals surface area contributed by atoms with Crippen LogP contribution in [0.4, 0.5) is 8.78 Å². The smallest absolute Gasteiger partial charge is 0.248 e. The van der Waals surface area contributed by atoms with Gasteiger partial charge in [-0.3, -0.25) is 0 Å². The van der Waals surface area contributed by atoms with Gasteiger partial charge in [0.05, 0.1) is 11.0 Å². The van der Waals surface area contributed by atoms with Crippen LogP contribution in [0.15, 0.2) is 18.2 Å². The zero-order valence-electron chi connectivity index (χ0n) is 13.5. The molecule has 4 heteroatoms. The topological polar surface area (TPSA) is 17.8 Å². The van der Waals surface area contributed by atoms with Crippen molar-refractivity contribution in [2.24, 2.45) is 5.92 Å². The Morgan fingerprint density at radius 3 is 2.64 bits per heavy atom. The summed E-state index contributed by atoms with van der Waals surface area (Å²) in [6.07, 6.45) is 1.22. The average Bonchev–Trinajstić information content (AvgIpc) is 2.80. The highest BCUT2D eigenvalue weighted by molar-refractivity contribution is 5.76. The summed E-state index contributed by atoms with van der Waals surface area (Å²) in [5.74, 6) is -1.13. The minimum atomic E-state index is -2.46. The molecule has 1 aromatic heterocycles. The molecule has 1 aliphatic rings. The Balaban J connectivity index is 1.92. The maximum atomic E-state index is 13.4. The number of benzene rings is 1. The third-order valence-corrected chi connectivity index (χ3v) is 4.54. The quantitative estimate of drug-likeness (QED) is 0.767. The maximum absolute atomic E-state index is 13.4. The minimum Gasteiger partial charge on any atom is -0.327 e. The molecule has 119 valence electrons. The van der Waals surface area contributed by atoms with Gasteiger partial charge in [0, 0.05) is 24.8 Å². The molecule has 1 fully saturated rings. The van der Waals surface area contributed by atoms with Crippen LogP contribution in [0.5, 0.6) is 0 Å². The van der Waals surface area contributed by atoms with Crippen LogP contribution in [0.1, 0.15) is 52.3 Å². The first-order chi connectivity index (χ1) is 10.3. The first-order valence-electron chi connectivity index (χ1n) is 8.01. The molecule has 0 saturated heterocycles. The van der Waals surface area contributed by atoms with Crippen molar-refractivity contribution in [1.29, 1.82) is 0 Å². The number of hydrogen-bond acceptors (Lipinski definition) is 1. The highest BCUT2D eigenvalue weighted by Crippen LogP contribution is 2.38. The van der Waals surface area contributed by atoms with Crippen LogP contribution in [0.25, 0.3) is 11.0 Å². The van der Waals surface area contributed by atoms with E-state index >= 15 is 0 Å². The summed E-state index contributed by atoms with van der Waals surface area (Å²) >= 11 is 0. The highest BCUT2D eigenvalue weighted by atomic mass is 19.3. The summed E-state index contributed by atoms with van der Waals surface area (Å²) in [5, 5.41) is 0. The van der Waals surface area contributed by atoms with Gasteiger partial charge in [-0.1, -0.05) is 26.8 Å². The lowest BCUT2D eigenvalue weighted by Crippen LogP contribution is -2.28. The van der Waals surface area contributed by atoms with Gasteiger partial charge in [-0.05, 0) is 37.0 Å². The molecule has 1 radical (unpaired) electrons. The van der Waals surface area contributed by atoms with E-state index in [2.05, 4.69) is 31.4 Å². The molecule has 1 heterocycles. The maximum Gasteiger partial charge on any atom is 0.248 e. The lowest BCUT2D eigenvalue weighted by atomic mass is 9.86. The van der Waals surface area contributed by atoms with Gasteiger partial charge in [0.1, 0.15) is 5.82 Å². The molecule has 0 amide bonds. The van der Waals surface area contributed by atoms with Crippen molar-refractivity contribution >= 4 is 11.0 Å². The summed E-state index contributed by atoms with van der Waals surface area (Å²) < 4.78 is 28.9. The predicted molar refractivity (Wildman–Crippen MR) is 84.2 cm³/mol. The standard InChI is InChI=1S/C18H23F2N2/c1-17(2,3)16-21-14-6-4-5-7-15(14)22(16)12-13-8-10-18(19,20)11-9-13/h5-7,13H,8-12H2,1-3H3. The first kappa shape index (κ1) is 15.4. The number of nitrogens with zero attached hydrogens (tertiary/aromatic N) is 2. The fourth-order valence-corrected chi connectivity index (χ4v) is 3.32. The third kappa shape index (κ3) is 3.01. The summed E-state index contributed by atoms with van der Waals surface area (Å²) in [6.45, 7) is 7.21. The van der Waals surface area contributed by atoms with Crippen molar-refractivity contribution in [2.45, 2.75) is 64.3 Å². The zero-order valence-corrected chi connectivity index (χ0v) is 13.5. The normalized spacial score (nSPS) is 19.7. The first-order valence-corrected chi connectivity index (χ1v) is 8.01. The molecule has 22 heavy (non-hydrogen) atoms. The van der Waals surface area contributed by atoms with Crippen molar-refractivity contribution < 1.29 is 8.78 Å². The molecular formula is C18H23F2N2. The van der Waals surface area contributed by atoms with E-state index in [1.807, 2.05) is 18.2 Å². The van der Waals surface area contributed by atoms with Gasteiger partial charge in [0.15, 0.2) is 0 Å². The van der Waals surface area contributed by atoms with Gasteiger partial charge < -0.3 is 4.57 Å². The van der Waals surface area contributed by atoms with Gasteiger partial charge in [-0.25, -0.2) is 13.8 Å². The number of rotatable bonds is 2. The van der Waals surface area contributed by atoms with E-state index in [1.165, 1.54) is 0 Å². The number of imidazole rings is 1. The fraction of sp³-hybridized carbons (Fsp3) is 0.611. The van der Waals surface area contributed by atoms with Crippen LogP contribution < -0.4 is 0 Å². The second-order valence-electron chi connectivity index (χ2n) is 7.51. The highest BCUT2D eigenvalue weighted by Gasteiger charge is 2.35. The molecule has 0 atom stereocenters. The largest absolute Gasteiger partial charge is 0.327 e. The van der Waals surface area contributed by atoms with Crippen LogP contribution in [-0.4, -0.2) is 15.5 Å². The SMILES string of the molecule is CC(C)(C)c1nc2c[c]ccc2n1CC1CCC(F)(F)CC1. The van der Waals surface area contributed by atoms with E-state index in [1.54, 1.807) is 0 Å². The molecule has 0 unspecified atom stereocenters. The fourth-order valence-electron chi connectivity index (χ4n) is 3.32. The lowest BCUT2D eigenvalue weighted by molar-refractivity contribution is -0.0473. The van der Waals surface area contributed by atoms with Gasteiger partial charge in [-0.15, -0.1) is 0 Å². The molecule has 1 saturated carbocycles. The molecule has 1 aliphatic carbocycles. The molecule has 0 aliphatic heterocycles.